The Balaban J connectivity index is -0.000000810. The standard InChI is InChI=1S/C15H12N2.2ClH.2Hg/c1-12-3-7-14(8-4-12)16-11-17-15-9-5-13(2)6-10-15;;;;/h3-7,9H,1-2H3;2*1H;;/q;;;2*+1/p-2. The number of aliphatic imine (C=N–C) groups is 2. The van der Waals surface area contributed by atoms with Crippen LogP contribution in [0.2, 0.25) is 0 Å². The van der Waals surface area contributed by atoms with Gasteiger partial charge in [-0.15, -0.1) is 17.5 Å². The maximum absolute atomic E-state index is 4.07. The van der Waals surface area contributed by atoms with Gasteiger partial charge in [0.15, 0.2) is 0 Å². The van der Waals surface area contributed by atoms with Crippen molar-refractivity contribution in [1.29, 1.82) is 0 Å². The van der Waals surface area contributed by atoms with E-state index in [1.54, 1.807) is 0 Å². The van der Waals surface area contributed by atoms with Gasteiger partial charge in [-0.1, -0.05) is 6.92 Å². The van der Waals surface area contributed by atoms with Crippen LogP contribution in [0.1, 0.15) is 13.8 Å². The second kappa shape index (κ2) is 13.7. The van der Waals surface area contributed by atoms with Crippen LogP contribution in [0.25, 0.3) is 0 Å². The average molecular weight is 692 g/mol. The summed E-state index contributed by atoms with van der Waals surface area (Å²) in [5, 5.41) is 0. The molecule has 2 rings (SSSR count). The van der Waals surface area contributed by atoms with Crippen molar-refractivity contribution in [3.05, 3.63) is 71.1 Å². The average Bonchev–Trinajstić information content (AvgIpc) is 2.34. The first-order valence-electron chi connectivity index (χ1n) is 5.37. The third-order valence-electron chi connectivity index (χ3n) is 2.24. The van der Waals surface area contributed by atoms with E-state index in [0.717, 1.165) is 22.5 Å². The minimum atomic E-state index is 0. The molecule has 0 spiro atoms. The van der Waals surface area contributed by atoms with Crippen molar-refractivity contribution in [3.8, 4) is 0 Å². The van der Waals surface area contributed by atoms with Crippen LogP contribution in [0.3, 0.4) is 0 Å². The van der Waals surface area contributed by atoms with Gasteiger partial charge in [-0.3, -0.25) is 5.73 Å². The second-order valence-corrected chi connectivity index (χ2v) is 3.83. The molecule has 2 radical (unpaired) electrons. The molecule has 21 heavy (non-hydrogen) atoms. The number of hydrogen-bond acceptors (Lipinski definition) is 2. The number of nitrogens with zero attached hydrogens (tertiary/aromatic N) is 2. The zero-order valence-corrected chi connectivity index (χ0v) is 24.5. The summed E-state index contributed by atoms with van der Waals surface area (Å²) in [5.41, 5.74) is 9.84. The molecule has 100 valence electrons. The van der Waals surface area contributed by atoms with Gasteiger partial charge in [0.1, 0.15) is 12.1 Å². The molecule has 0 unspecified atom stereocenters. The van der Waals surface area contributed by atoms with E-state index in [0.29, 0.717) is 0 Å². The number of halogens is 2. The van der Waals surface area contributed by atoms with Gasteiger partial charge in [0, 0.05) is 6.92 Å². The topological polar surface area (TPSA) is 24.7 Å². The van der Waals surface area contributed by atoms with Crippen molar-refractivity contribution in [3.63, 3.8) is 0 Å². The first-order valence-corrected chi connectivity index (χ1v) is 5.37. The largest absolute Gasteiger partial charge is 1.00 e. The number of hydrogen-bond donors (Lipinski definition) is 0. The van der Waals surface area contributed by atoms with Gasteiger partial charge in [0.25, 0.3) is 0 Å². The summed E-state index contributed by atoms with van der Waals surface area (Å²) in [5.74, 6) is 0. The Labute approximate surface area is 179 Å². The third kappa shape index (κ3) is 9.66. The molecule has 0 N–H and O–H groups in total. The Morgan fingerprint density at radius 2 is 1.71 bits per heavy atom. The van der Waals surface area contributed by atoms with Crippen LogP contribution in [0.4, 0.5) is 0 Å². The Bertz CT molecular complexity index is 547. The number of rotatable bonds is 2. The summed E-state index contributed by atoms with van der Waals surface area (Å²) in [6.07, 6.45) is 11.5. The molecule has 0 atom stereocenters. The van der Waals surface area contributed by atoms with Crippen molar-refractivity contribution in [2.75, 3.05) is 0 Å². The van der Waals surface area contributed by atoms with E-state index in [1.807, 2.05) is 51.0 Å². The minimum absolute atomic E-state index is 0. The van der Waals surface area contributed by atoms with E-state index in [-0.39, 0.29) is 80.2 Å². The molecule has 0 aliphatic heterocycles. The van der Waals surface area contributed by atoms with Crippen LogP contribution < -0.4 is 24.8 Å². The first-order chi connectivity index (χ1) is 8.24. The summed E-state index contributed by atoms with van der Waals surface area (Å²) >= 11 is 0. The minimum Gasteiger partial charge on any atom is -1.00 e. The third-order valence-corrected chi connectivity index (χ3v) is 2.24. The second-order valence-electron chi connectivity index (χ2n) is 3.83. The van der Waals surface area contributed by atoms with E-state index >= 15 is 0 Å². The molecule has 2 aliphatic rings. The summed E-state index contributed by atoms with van der Waals surface area (Å²) in [6.45, 7) is 4.03. The zero-order chi connectivity index (χ0) is 12.1. The van der Waals surface area contributed by atoms with Gasteiger partial charge in [-0.05, 0) is 5.70 Å². The van der Waals surface area contributed by atoms with Crippen molar-refractivity contribution in [2.24, 2.45) is 9.98 Å². The van der Waals surface area contributed by atoms with Crippen LogP contribution >= 0.6 is 0 Å². The summed E-state index contributed by atoms with van der Waals surface area (Å²) < 4.78 is 0. The predicted molar refractivity (Wildman–Crippen MR) is 69.2 cm³/mol. The molecule has 2 aliphatic carbocycles. The normalized spacial score (nSPS) is 13.4. The summed E-state index contributed by atoms with van der Waals surface area (Å²) in [6, 6.07) is 2.64. The zero-order valence-electron chi connectivity index (χ0n) is 12.0. The summed E-state index contributed by atoms with van der Waals surface area (Å²) in [4.78, 5) is 8.15. The van der Waals surface area contributed by atoms with E-state index in [2.05, 4.69) is 27.5 Å². The Kier molecular flexibility index (Phi) is 17.0. The van der Waals surface area contributed by atoms with Crippen LogP contribution in [-0.2, 0) is 55.3 Å². The molecular weight excluding hydrogens is 680 g/mol. The van der Waals surface area contributed by atoms with Gasteiger partial charge in [-0.25, -0.2) is 4.99 Å². The quantitative estimate of drug-likeness (QED) is 0.133. The summed E-state index contributed by atoms with van der Waals surface area (Å²) in [7, 11) is 0. The van der Waals surface area contributed by atoms with E-state index in [4.69, 9.17) is 0 Å². The molecular formula is C15H12Cl2Hg2N2. The molecule has 0 heterocycles. The van der Waals surface area contributed by atoms with Gasteiger partial charge >= 0.3 is 55.3 Å². The Morgan fingerprint density at radius 3 is 2.24 bits per heavy atom. The fraction of sp³-hybridized carbons (Fsp3) is 0.133. The molecule has 0 aromatic rings. The molecule has 2 nitrogen and oxygen atoms in total. The maximum Gasteiger partial charge on any atom is 1.00 e. The number of allylic oxidation sites excluding steroid dienone is 4. The van der Waals surface area contributed by atoms with Gasteiger partial charge < -0.3 is 24.8 Å². The molecule has 0 saturated carbocycles. The maximum atomic E-state index is 4.07. The first kappa shape index (κ1) is 26.0. The van der Waals surface area contributed by atoms with Gasteiger partial charge in [0.05, 0.1) is 23.8 Å². The molecule has 0 bridgehead atoms. The van der Waals surface area contributed by atoms with E-state index < -0.39 is 0 Å². The van der Waals surface area contributed by atoms with Crippen LogP contribution in [-0.4, -0.2) is 6.01 Å². The van der Waals surface area contributed by atoms with Gasteiger partial charge in [-0.2, -0.15) is 11.6 Å². The molecule has 0 amide bonds. The molecule has 6 heteroatoms. The Morgan fingerprint density at radius 1 is 1.05 bits per heavy atom. The van der Waals surface area contributed by atoms with Crippen LogP contribution in [0.5, 0.6) is 0 Å². The smallest absolute Gasteiger partial charge is 1.00 e. The van der Waals surface area contributed by atoms with E-state index in [1.165, 1.54) is 0 Å². The molecule has 0 aromatic heterocycles. The predicted octanol–water partition coefficient (Wildman–Crippen LogP) is -2.43. The van der Waals surface area contributed by atoms with Crippen molar-refractivity contribution in [1.82, 2.24) is 0 Å². The molecule has 0 saturated heterocycles. The van der Waals surface area contributed by atoms with Crippen LogP contribution in [0.15, 0.2) is 68.3 Å². The van der Waals surface area contributed by atoms with Crippen molar-refractivity contribution >= 4 is 6.01 Å². The SMILES string of the molecule is CC1=C[CH+]C(N=C=NC2=C=CC(C)=C[CH-]2)=C=C1.[Cl-].[Cl-].[Hg+].[Hg+]. The van der Waals surface area contributed by atoms with Crippen molar-refractivity contribution < 1.29 is 80.2 Å². The fourth-order valence-corrected chi connectivity index (χ4v) is 1.26. The molecule has 0 aromatic carbocycles. The van der Waals surface area contributed by atoms with E-state index in [9.17, 15) is 0 Å². The fourth-order valence-electron chi connectivity index (χ4n) is 1.26. The Hall–Kier alpha value is 0.0901. The monoisotopic (exact) mass is 694 g/mol. The molecule has 0 fully saturated rings. The van der Waals surface area contributed by atoms with Gasteiger partial charge in [0.2, 0.25) is 5.70 Å². The van der Waals surface area contributed by atoms with Crippen molar-refractivity contribution in [2.45, 2.75) is 13.8 Å². The van der Waals surface area contributed by atoms with Crippen LogP contribution in [0, 0.1) is 12.8 Å².